The normalized spacial score (nSPS) is 15.4. The minimum absolute atomic E-state index is 0.361. The van der Waals surface area contributed by atoms with E-state index in [1.165, 1.54) is 6.33 Å². The van der Waals surface area contributed by atoms with Crippen molar-refractivity contribution in [2.24, 2.45) is 0 Å². The van der Waals surface area contributed by atoms with Crippen molar-refractivity contribution in [3.63, 3.8) is 0 Å². The number of fused-ring (bicyclic) bond motifs is 1. The minimum atomic E-state index is -0.650. The lowest BCUT2D eigenvalue weighted by atomic mass is 10.1. The Labute approximate surface area is 104 Å². The Hall–Kier alpha value is -2.08. The van der Waals surface area contributed by atoms with E-state index in [4.69, 9.17) is 9.47 Å². The van der Waals surface area contributed by atoms with Gasteiger partial charge in [-0.2, -0.15) is 5.10 Å². The molecule has 1 aliphatic rings. The average Bonchev–Trinajstić information content (AvgIpc) is 2.91. The lowest BCUT2D eigenvalue weighted by molar-refractivity contribution is 0.147. The van der Waals surface area contributed by atoms with Gasteiger partial charge in [0.25, 0.3) is 0 Å². The number of rotatable bonds is 3. The number of aromatic nitrogens is 3. The molecule has 0 fully saturated rings. The fourth-order valence-electron chi connectivity index (χ4n) is 1.88. The highest BCUT2D eigenvalue weighted by atomic mass is 16.6. The number of nitrogens with zero attached hydrogens (tertiary/aromatic N) is 3. The molecule has 1 unspecified atom stereocenters. The fourth-order valence-corrected chi connectivity index (χ4v) is 1.88. The molecule has 1 aromatic heterocycles. The number of ether oxygens (including phenoxy) is 2. The Morgan fingerprint density at radius 2 is 2.11 bits per heavy atom. The van der Waals surface area contributed by atoms with Crippen LogP contribution in [-0.4, -0.2) is 33.1 Å². The van der Waals surface area contributed by atoms with E-state index in [0.29, 0.717) is 25.5 Å². The van der Waals surface area contributed by atoms with Crippen LogP contribution in [0.15, 0.2) is 30.9 Å². The van der Waals surface area contributed by atoms with Crippen LogP contribution in [0.3, 0.4) is 0 Å². The van der Waals surface area contributed by atoms with Gasteiger partial charge in [-0.1, -0.05) is 6.07 Å². The van der Waals surface area contributed by atoms with Crippen LogP contribution in [-0.2, 0) is 6.54 Å². The molecular weight excluding hydrogens is 234 g/mol. The summed E-state index contributed by atoms with van der Waals surface area (Å²) in [6.07, 6.45) is 2.36. The quantitative estimate of drug-likeness (QED) is 0.868. The maximum absolute atomic E-state index is 10.1. The summed E-state index contributed by atoms with van der Waals surface area (Å²) < 4.78 is 12.5. The van der Waals surface area contributed by atoms with Gasteiger partial charge in [0, 0.05) is 0 Å². The van der Waals surface area contributed by atoms with E-state index in [0.717, 1.165) is 11.3 Å². The summed E-state index contributed by atoms with van der Waals surface area (Å²) in [4.78, 5) is 3.84. The number of aliphatic hydroxyl groups is 1. The van der Waals surface area contributed by atoms with E-state index in [2.05, 4.69) is 10.1 Å². The van der Waals surface area contributed by atoms with Crippen LogP contribution < -0.4 is 9.47 Å². The minimum Gasteiger partial charge on any atom is -0.486 e. The highest BCUT2D eigenvalue weighted by molar-refractivity contribution is 5.44. The number of benzene rings is 1. The largest absolute Gasteiger partial charge is 0.486 e. The predicted molar refractivity (Wildman–Crippen MR) is 62.4 cm³/mol. The third-order valence-corrected chi connectivity index (χ3v) is 2.78. The SMILES string of the molecule is OC(Cn1cncn1)c1ccc2c(c1)OCCO2. The van der Waals surface area contributed by atoms with Crippen LogP contribution in [0.25, 0.3) is 0 Å². The highest BCUT2D eigenvalue weighted by Gasteiger charge is 2.15. The van der Waals surface area contributed by atoms with Gasteiger partial charge in [0.2, 0.25) is 0 Å². The number of hydrogen-bond acceptors (Lipinski definition) is 5. The van der Waals surface area contributed by atoms with Crippen LogP contribution in [0.1, 0.15) is 11.7 Å². The Bertz CT molecular complexity index is 527. The molecule has 2 heterocycles. The summed E-state index contributed by atoms with van der Waals surface area (Å²) in [5, 5.41) is 14.1. The van der Waals surface area contributed by atoms with Crippen molar-refractivity contribution in [3.05, 3.63) is 36.4 Å². The molecule has 3 rings (SSSR count). The van der Waals surface area contributed by atoms with Gasteiger partial charge < -0.3 is 14.6 Å². The molecular formula is C12H13N3O3. The summed E-state index contributed by atoms with van der Waals surface area (Å²) in [6, 6.07) is 5.44. The van der Waals surface area contributed by atoms with E-state index in [-0.39, 0.29) is 0 Å². The molecule has 0 spiro atoms. The molecule has 0 aliphatic carbocycles. The van der Waals surface area contributed by atoms with E-state index in [1.807, 2.05) is 12.1 Å². The lowest BCUT2D eigenvalue weighted by Gasteiger charge is -2.20. The molecule has 0 radical (unpaired) electrons. The van der Waals surface area contributed by atoms with Gasteiger partial charge in [-0.05, 0) is 17.7 Å². The van der Waals surface area contributed by atoms with E-state index < -0.39 is 6.10 Å². The third-order valence-electron chi connectivity index (χ3n) is 2.78. The Morgan fingerprint density at radius 3 is 2.89 bits per heavy atom. The molecule has 0 saturated carbocycles. The maximum atomic E-state index is 10.1. The molecule has 1 N–H and O–H groups in total. The summed E-state index contributed by atoms with van der Waals surface area (Å²) >= 11 is 0. The van der Waals surface area contributed by atoms with Crippen molar-refractivity contribution in [2.45, 2.75) is 12.6 Å². The van der Waals surface area contributed by atoms with Crippen LogP contribution in [0.2, 0.25) is 0 Å². The Balaban J connectivity index is 1.79. The number of aliphatic hydroxyl groups excluding tert-OH is 1. The third kappa shape index (κ3) is 2.14. The smallest absolute Gasteiger partial charge is 0.161 e. The first-order valence-corrected chi connectivity index (χ1v) is 5.73. The van der Waals surface area contributed by atoms with Gasteiger partial charge >= 0.3 is 0 Å². The van der Waals surface area contributed by atoms with Gasteiger partial charge in [0.05, 0.1) is 12.6 Å². The summed E-state index contributed by atoms with van der Waals surface area (Å²) in [5.41, 5.74) is 0.773. The van der Waals surface area contributed by atoms with Gasteiger partial charge in [0.15, 0.2) is 11.5 Å². The van der Waals surface area contributed by atoms with Crippen molar-refractivity contribution in [2.75, 3.05) is 13.2 Å². The van der Waals surface area contributed by atoms with Gasteiger partial charge in [-0.25, -0.2) is 4.98 Å². The molecule has 2 aromatic rings. The molecule has 0 amide bonds. The van der Waals surface area contributed by atoms with Crippen LogP contribution in [0.4, 0.5) is 0 Å². The Kier molecular flexibility index (Phi) is 2.85. The first-order valence-electron chi connectivity index (χ1n) is 5.73. The highest BCUT2D eigenvalue weighted by Crippen LogP contribution is 2.32. The molecule has 1 aliphatic heterocycles. The fraction of sp³-hybridized carbons (Fsp3) is 0.333. The van der Waals surface area contributed by atoms with Gasteiger partial charge in [-0.15, -0.1) is 0 Å². The van der Waals surface area contributed by atoms with Crippen LogP contribution >= 0.6 is 0 Å². The first-order chi connectivity index (χ1) is 8.83. The zero-order valence-electron chi connectivity index (χ0n) is 9.69. The Morgan fingerprint density at radius 1 is 1.28 bits per heavy atom. The molecule has 6 heteroatoms. The molecule has 6 nitrogen and oxygen atoms in total. The monoisotopic (exact) mass is 247 g/mol. The maximum Gasteiger partial charge on any atom is 0.161 e. The van der Waals surface area contributed by atoms with Crippen LogP contribution in [0.5, 0.6) is 11.5 Å². The van der Waals surface area contributed by atoms with Crippen LogP contribution in [0, 0.1) is 0 Å². The molecule has 0 saturated heterocycles. The molecule has 1 aromatic carbocycles. The second kappa shape index (κ2) is 4.66. The van der Waals surface area contributed by atoms with Gasteiger partial charge in [-0.3, -0.25) is 4.68 Å². The summed E-state index contributed by atoms with van der Waals surface area (Å²) in [6.45, 7) is 1.46. The number of hydrogen-bond donors (Lipinski definition) is 1. The van der Waals surface area contributed by atoms with E-state index >= 15 is 0 Å². The first kappa shape index (κ1) is 11.0. The molecule has 1 atom stereocenters. The average molecular weight is 247 g/mol. The second-order valence-electron chi connectivity index (χ2n) is 4.04. The molecule has 0 bridgehead atoms. The summed E-state index contributed by atoms with van der Waals surface area (Å²) in [5.74, 6) is 1.40. The van der Waals surface area contributed by atoms with Gasteiger partial charge in [0.1, 0.15) is 25.9 Å². The topological polar surface area (TPSA) is 69.4 Å². The van der Waals surface area contributed by atoms with Crippen molar-refractivity contribution in [1.29, 1.82) is 0 Å². The molecule has 18 heavy (non-hydrogen) atoms. The zero-order chi connectivity index (χ0) is 12.4. The van der Waals surface area contributed by atoms with Crippen molar-refractivity contribution in [1.82, 2.24) is 14.8 Å². The van der Waals surface area contributed by atoms with Crippen molar-refractivity contribution >= 4 is 0 Å². The predicted octanol–water partition coefficient (Wildman–Crippen LogP) is 0.783. The summed E-state index contributed by atoms with van der Waals surface area (Å²) in [7, 11) is 0. The van der Waals surface area contributed by atoms with Crippen molar-refractivity contribution < 1.29 is 14.6 Å². The molecule has 94 valence electrons. The zero-order valence-corrected chi connectivity index (χ0v) is 9.69. The standard InChI is InChI=1S/C12H13N3O3/c16-10(6-15-8-13-7-14-15)9-1-2-11-12(5-9)18-4-3-17-11/h1-2,5,7-8,10,16H,3-4,6H2. The van der Waals surface area contributed by atoms with E-state index in [1.54, 1.807) is 17.1 Å². The second-order valence-corrected chi connectivity index (χ2v) is 4.04. The van der Waals surface area contributed by atoms with E-state index in [9.17, 15) is 5.11 Å². The lowest BCUT2D eigenvalue weighted by Crippen LogP contribution is -2.16. The van der Waals surface area contributed by atoms with Crippen molar-refractivity contribution in [3.8, 4) is 11.5 Å².